The number of hydrogen-bond acceptors (Lipinski definition) is 6. The van der Waals surface area contributed by atoms with Crippen LogP contribution < -0.4 is 10.0 Å². The molecule has 0 amide bonds. The van der Waals surface area contributed by atoms with Crippen LogP contribution in [0.3, 0.4) is 0 Å². The van der Waals surface area contributed by atoms with Gasteiger partial charge in [0.25, 0.3) is 0 Å². The lowest BCUT2D eigenvalue weighted by Crippen LogP contribution is -1.98. The fraction of sp³-hybridized carbons (Fsp3) is 0.0500. The zero-order valence-electron chi connectivity index (χ0n) is 14.8. The first-order chi connectivity index (χ1) is 13.6. The minimum atomic E-state index is -0.395. The highest BCUT2D eigenvalue weighted by atomic mass is 35.5. The standard InChI is InChI=1S/C20H15ClFN5S/c1-28-27-19-10-13(6-8-23-19)25-17-11-18(15-9-12(21)4-5-16(15)22)26-20-14(17)3-2-7-24-20/h2-11H,1H3,(H2,23,24,25,26,27). The van der Waals surface area contributed by atoms with Crippen LogP contribution >= 0.6 is 23.5 Å². The van der Waals surface area contributed by atoms with Crippen LogP contribution in [0.25, 0.3) is 22.3 Å². The van der Waals surface area contributed by atoms with E-state index in [1.165, 1.54) is 24.1 Å². The Morgan fingerprint density at radius 3 is 2.79 bits per heavy atom. The van der Waals surface area contributed by atoms with Gasteiger partial charge in [-0.3, -0.25) is 0 Å². The van der Waals surface area contributed by atoms with E-state index in [2.05, 4.69) is 25.0 Å². The molecular formula is C20H15ClFN5S. The molecule has 0 saturated carbocycles. The molecule has 3 heterocycles. The molecule has 5 nitrogen and oxygen atoms in total. The molecule has 140 valence electrons. The van der Waals surface area contributed by atoms with Crippen molar-refractivity contribution in [1.29, 1.82) is 0 Å². The lowest BCUT2D eigenvalue weighted by atomic mass is 10.1. The number of benzene rings is 1. The molecule has 0 aliphatic carbocycles. The first-order valence-electron chi connectivity index (χ1n) is 8.37. The van der Waals surface area contributed by atoms with E-state index in [1.807, 2.05) is 30.5 Å². The van der Waals surface area contributed by atoms with Crippen LogP contribution in [0.2, 0.25) is 5.02 Å². The van der Waals surface area contributed by atoms with Gasteiger partial charge in [0.1, 0.15) is 11.6 Å². The smallest absolute Gasteiger partial charge is 0.161 e. The first-order valence-corrected chi connectivity index (χ1v) is 9.97. The molecule has 8 heteroatoms. The monoisotopic (exact) mass is 411 g/mol. The lowest BCUT2D eigenvalue weighted by molar-refractivity contribution is 0.631. The van der Waals surface area contributed by atoms with Crippen LogP contribution in [-0.4, -0.2) is 21.2 Å². The summed E-state index contributed by atoms with van der Waals surface area (Å²) < 4.78 is 17.5. The second-order valence-electron chi connectivity index (χ2n) is 5.91. The van der Waals surface area contributed by atoms with Crippen molar-refractivity contribution in [2.75, 3.05) is 16.3 Å². The molecule has 0 saturated heterocycles. The van der Waals surface area contributed by atoms with Crippen molar-refractivity contribution in [1.82, 2.24) is 15.0 Å². The number of pyridine rings is 3. The maximum atomic E-state index is 14.4. The Morgan fingerprint density at radius 1 is 1.04 bits per heavy atom. The van der Waals surface area contributed by atoms with Crippen molar-refractivity contribution in [3.8, 4) is 11.3 Å². The SMILES string of the molecule is CSNc1cc(Nc2cc(-c3cc(Cl)ccc3F)nc3ncccc23)ccn1. The Labute approximate surface area is 170 Å². The number of anilines is 3. The predicted molar refractivity (Wildman–Crippen MR) is 115 cm³/mol. The zero-order valence-corrected chi connectivity index (χ0v) is 16.4. The van der Waals surface area contributed by atoms with Crippen LogP contribution in [0.4, 0.5) is 21.6 Å². The molecule has 0 radical (unpaired) electrons. The Hall–Kier alpha value is -2.90. The number of halogens is 2. The molecule has 2 N–H and O–H groups in total. The summed E-state index contributed by atoms with van der Waals surface area (Å²) >= 11 is 7.52. The lowest BCUT2D eigenvalue weighted by Gasteiger charge is -2.13. The van der Waals surface area contributed by atoms with Gasteiger partial charge in [-0.15, -0.1) is 0 Å². The normalized spacial score (nSPS) is 10.8. The summed E-state index contributed by atoms with van der Waals surface area (Å²) in [5.41, 5.74) is 2.88. The minimum absolute atomic E-state index is 0.322. The zero-order chi connectivity index (χ0) is 19.5. The van der Waals surface area contributed by atoms with E-state index in [4.69, 9.17) is 11.6 Å². The second kappa shape index (κ2) is 8.00. The molecule has 28 heavy (non-hydrogen) atoms. The highest BCUT2D eigenvalue weighted by Gasteiger charge is 2.13. The van der Waals surface area contributed by atoms with Crippen LogP contribution in [0.5, 0.6) is 0 Å². The Morgan fingerprint density at radius 2 is 1.93 bits per heavy atom. The number of hydrogen-bond donors (Lipinski definition) is 2. The van der Waals surface area contributed by atoms with E-state index < -0.39 is 5.82 Å². The minimum Gasteiger partial charge on any atom is -0.355 e. The molecule has 0 atom stereocenters. The number of aromatic nitrogens is 3. The van der Waals surface area contributed by atoms with E-state index in [9.17, 15) is 4.39 Å². The topological polar surface area (TPSA) is 62.7 Å². The average molecular weight is 412 g/mol. The highest BCUT2D eigenvalue weighted by molar-refractivity contribution is 7.99. The van der Waals surface area contributed by atoms with Gasteiger partial charge in [0.05, 0.1) is 11.4 Å². The van der Waals surface area contributed by atoms with Crippen LogP contribution in [-0.2, 0) is 0 Å². The fourth-order valence-corrected chi connectivity index (χ4v) is 3.31. The quantitative estimate of drug-likeness (QED) is 0.397. The van der Waals surface area contributed by atoms with Gasteiger partial charge in [-0.1, -0.05) is 23.5 Å². The first kappa shape index (κ1) is 18.5. The summed E-state index contributed by atoms with van der Waals surface area (Å²) in [5, 5.41) is 4.63. The summed E-state index contributed by atoms with van der Waals surface area (Å²) in [5.74, 6) is 0.337. The van der Waals surface area contributed by atoms with Crippen LogP contribution in [0, 0.1) is 5.82 Å². The third-order valence-corrected chi connectivity index (χ3v) is 4.68. The largest absolute Gasteiger partial charge is 0.355 e. The van der Waals surface area contributed by atoms with E-state index >= 15 is 0 Å². The average Bonchev–Trinajstić information content (AvgIpc) is 2.70. The third-order valence-electron chi connectivity index (χ3n) is 4.03. The molecule has 4 aromatic rings. The van der Waals surface area contributed by atoms with Gasteiger partial charge < -0.3 is 10.0 Å². The van der Waals surface area contributed by atoms with Gasteiger partial charge in [0.15, 0.2) is 5.65 Å². The number of nitrogens with one attached hydrogen (secondary N) is 2. The van der Waals surface area contributed by atoms with Gasteiger partial charge in [-0.2, -0.15) is 0 Å². The van der Waals surface area contributed by atoms with Gasteiger partial charge in [0.2, 0.25) is 0 Å². The Balaban J connectivity index is 1.83. The highest BCUT2D eigenvalue weighted by Crippen LogP contribution is 2.32. The van der Waals surface area contributed by atoms with Crippen LogP contribution in [0.15, 0.2) is 60.9 Å². The number of rotatable bonds is 5. The number of nitrogens with zero attached hydrogens (tertiary/aromatic N) is 3. The number of fused-ring (bicyclic) bond motifs is 1. The molecule has 0 aliphatic heterocycles. The molecule has 0 bridgehead atoms. The van der Waals surface area contributed by atoms with E-state index in [0.717, 1.165) is 22.6 Å². The summed E-state index contributed by atoms with van der Waals surface area (Å²) in [6.07, 6.45) is 5.29. The molecule has 4 rings (SSSR count). The van der Waals surface area contributed by atoms with Gasteiger partial charge in [0, 0.05) is 46.4 Å². The summed E-state index contributed by atoms with van der Waals surface area (Å²) in [6, 6.07) is 13.7. The fourth-order valence-electron chi connectivity index (χ4n) is 2.82. The molecule has 3 aromatic heterocycles. The van der Waals surface area contributed by atoms with E-state index in [0.29, 0.717) is 21.9 Å². The second-order valence-corrected chi connectivity index (χ2v) is 6.96. The molecule has 0 aliphatic rings. The van der Waals surface area contributed by atoms with Gasteiger partial charge in [-0.25, -0.2) is 19.3 Å². The van der Waals surface area contributed by atoms with Crippen molar-refractivity contribution >= 4 is 51.8 Å². The Kier molecular flexibility index (Phi) is 5.27. The van der Waals surface area contributed by atoms with E-state index in [-0.39, 0.29) is 0 Å². The summed E-state index contributed by atoms with van der Waals surface area (Å²) in [6.45, 7) is 0. The molecular weight excluding hydrogens is 397 g/mol. The van der Waals surface area contributed by atoms with Crippen molar-refractivity contribution in [3.63, 3.8) is 0 Å². The van der Waals surface area contributed by atoms with Crippen molar-refractivity contribution in [2.24, 2.45) is 0 Å². The Bertz CT molecular complexity index is 1150. The third kappa shape index (κ3) is 3.85. The molecule has 0 spiro atoms. The van der Waals surface area contributed by atoms with Crippen molar-refractivity contribution < 1.29 is 4.39 Å². The van der Waals surface area contributed by atoms with Crippen LogP contribution in [0.1, 0.15) is 0 Å². The summed E-state index contributed by atoms with van der Waals surface area (Å²) in [7, 11) is 0. The molecule has 1 aromatic carbocycles. The van der Waals surface area contributed by atoms with Crippen molar-refractivity contribution in [3.05, 3.63) is 71.8 Å². The van der Waals surface area contributed by atoms with Gasteiger partial charge >= 0.3 is 0 Å². The maximum absolute atomic E-state index is 14.4. The predicted octanol–water partition coefficient (Wildman–Crippen LogP) is 5.92. The molecule has 0 unspecified atom stereocenters. The van der Waals surface area contributed by atoms with E-state index in [1.54, 1.807) is 24.5 Å². The summed E-state index contributed by atoms with van der Waals surface area (Å²) in [4.78, 5) is 13.1. The van der Waals surface area contributed by atoms with Gasteiger partial charge in [-0.05, 0) is 42.5 Å². The molecule has 0 fully saturated rings. The van der Waals surface area contributed by atoms with Crippen molar-refractivity contribution in [2.45, 2.75) is 0 Å². The maximum Gasteiger partial charge on any atom is 0.161 e.